The molecule has 16 heteroatoms. The van der Waals surface area contributed by atoms with E-state index in [1.807, 2.05) is 0 Å². The van der Waals surface area contributed by atoms with Gasteiger partial charge in [-0.05, 0) is 54.4 Å². The van der Waals surface area contributed by atoms with E-state index in [1.165, 1.54) is 31.2 Å². The zero-order chi connectivity index (χ0) is 36.5. The summed E-state index contributed by atoms with van der Waals surface area (Å²) in [5.41, 5.74) is 1.41. The second-order valence-electron chi connectivity index (χ2n) is 11.0. The smallest absolute Gasteiger partial charge is 0.344 e. The number of carboxylic acids is 4. The first-order chi connectivity index (χ1) is 23.7. The maximum atomic E-state index is 13.0. The number of fused-ring (bicyclic) bond motifs is 1. The molecule has 262 valence electrons. The highest BCUT2D eigenvalue weighted by Crippen LogP contribution is 2.35. The van der Waals surface area contributed by atoms with Crippen LogP contribution in [0.2, 0.25) is 0 Å². The number of carboxylic acid groups (broad SMARTS) is 4. The number of hydrogen-bond acceptors (Lipinski definition) is 11. The molecule has 1 aromatic heterocycles. The van der Waals surface area contributed by atoms with Gasteiger partial charge in [0.1, 0.15) is 56.5 Å². The lowest BCUT2D eigenvalue weighted by Gasteiger charge is -2.25. The summed E-state index contributed by atoms with van der Waals surface area (Å²) in [6, 6.07) is 15.5. The van der Waals surface area contributed by atoms with Crippen LogP contribution >= 0.6 is 0 Å². The van der Waals surface area contributed by atoms with Crippen molar-refractivity contribution in [3.63, 3.8) is 0 Å². The van der Waals surface area contributed by atoms with Crippen LogP contribution in [-0.4, -0.2) is 89.6 Å². The molecule has 0 fully saturated rings. The molecule has 0 atom stereocenters. The van der Waals surface area contributed by atoms with Gasteiger partial charge in [0, 0.05) is 24.1 Å². The Kier molecular flexibility index (Phi) is 11.6. The van der Waals surface area contributed by atoms with Gasteiger partial charge in [-0.15, -0.1) is 0 Å². The Labute approximate surface area is 283 Å². The molecule has 0 bridgehead atoms. The molecule has 4 rings (SSSR count). The number of carbonyl (C=O) groups is 5. The molecule has 1 amide bonds. The van der Waals surface area contributed by atoms with Gasteiger partial charge in [0.15, 0.2) is 0 Å². The normalized spacial score (nSPS) is 10.7. The van der Waals surface area contributed by atoms with Crippen molar-refractivity contribution in [2.75, 3.05) is 54.5 Å². The van der Waals surface area contributed by atoms with Gasteiger partial charge in [-0.2, -0.15) is 0 Å². The van der Waals surface area contributed by atoms with Gasteiger partial charge >= 0.3 is 29.5 Å². The molecular weight excluding hydrogens is 658 g/mol. The van der Waals surface area contributed by atoms with Crippen LogP contribution in [0.4, 0.5) is 17.1 Å². The first kappa shape index (κ1) is 36.3. The molecule has 1 heterocycles. The van der Waals surface area contributed by atoms with Crippen molar-refractivity contribution in [2.45, 2.75) is 13.8 Å². The Morgan fingerprint density at radius 1 is 0.700 bits per heavy atom. The summed E-state index contributed by atoms with van der Waals surface area (Å²) in [5.74, 6) is -5.22. The fourth-order valence-electron chi connectivity index (χ4n) is 5.04. The number of rotatable bonds is 17. The highest BCUT2D eigenvalue weighted by molar-refractivity contribution is 5.91. The van der Waals surface area contributed by atoms with E-state index in [0.29, 0.717) is 16.6 Å². The molecule has 0 saturated heterocycles. The summed E-state index contributed by atoms with van der Waals surface area (Å²) >= 11 is 0. The van der Waals surface area contributed by atoms with E-state index in [9.17, 15) is 49.2 Å². The van der Waals surface area contributed by atoms with Gasteiger partial charge in [-0.3, -0.25) is 24.0 Å². The number of nitrogens with one attached hydrogen (secondary N) is 1. The van der Waals surface area contributed by atoms with Crippen molar-refractivity contribution in [1.82, 2.24) is 0 Å². The minimum atomic E-state index is -1.33. The molecule has 16 nitrogen and oxygen atoms in total. The molecule has 0 aliphatic carbocycles. The summed E-state index contributed by atoms with van der Waals surface area (Å²) in [6.45, 7) is 0.0927. The zero-order valence-corrected chi connectivity index (χ0v) is 26.9. The van der Waals surface area contributed by atoms with Crippen LogP contribution < -0.4 is 30.2 Å². The SMILES string of the molecule is CC(=O)Nc1ccc(-c2cc3cc(OCCOc4cc(C)ccc4N(CC(=O)O)CC(=O)O)c(N(CC(=O)O)CC(=O)O)cc3oc2=O)cc1. The Hall–Kier alpha value is -6.58. The first-order valence-corrected chi connectivity index (χ1v) is 14.9. The third-order valence-electron chi connectivity index (χ3n) is 7.03. The summed E-state index contributed by atoms with van der Waals surface area (Å²) in [7, 11) is 0. The van der Waals surface area contributed by atoms with Crippen molar-refractivity contribution < 1.29 is 58.3 Å². The molecule has 0 saturated carbocycles. The average molecular weight is 692 g/mol. The minimum absolute atomic E-state index is 0.00296. The molecule has 0 aliphatic rings. The molecule has 50 heavy (non-hydrogen) atoms. The molecule has 0 radical (unpaired) electrons. The second-order valence-corrected chi connectivity index (χ2v) is 11.0. The summed E-state index contributed by atoms with van der Waals surface area (Å²) in [4.78, 5) is 72.8. The lowest BCUT2D eigenvalue weighted by molar-refractivity contribution is -0.138. The number of hydrogen-bond donors (Lipinski definition) is 5. The molecule has 5 N–H and O–H groups in total. The number of aliphatic carboxylic acids is 4. The minimum Gasteiger partial charge on any atom is -0.488 e. The van der Waals surface area contributed by atoms with Crippen molar-refractivity contribution in [1.29, 1.82) is 0 Å². The molecule has 3 aromatic carbocycles. The van der Waals surface area contributed by atoms with E-state index in [2.05, 4.69) is 5.32 Å². The zero-order valence-electron chi connectivity index (χ0n) is 26.9. The largest absolute Gasteiger partial charge is 0.488 e. The van der Waals surface area contributed by atoms with Crippen LogP contribution in [0.1, 0.15) is 12.5 Å². The number of aryl methyl sites for hydroxylation is 1. The summed E-state index contributed by atoms with van der Waals surface area (Å²) in [5, 5.41) is 40.7. The Morgan fingerprint density at radius 3 is 1.74 bits per heavy atom. The van der Waals surface area contributed by atoms with E-state index < -0.39 is 55.7 Å². The van der Waals surface area contributed by atoms with Gasteiger partial charge in [0.2, 0.25) is 5.91 Å². The van der Waals surface area contributed by atoms with E-state index in [1.54, 1.807) is 43.3 Å². The highest BCUT2D eigenvalue weighted by Gasteiger charge is 2.22. The monoisotopic (exact) mass is 691 g/mol. The van der Waals surface area contributed by atoms with Crippen LogP contribution in [0.5, 0.6) is 11.5 Å². The first-order valence-electron chi connectivity index (χ1n) is 14.9. The maximum absolute atomic E-state index is 13.0. The highest BCUT2D eigenvalue weighted by atomic mass is 16.5. The van der Waals surface area contributed by atoms with Crippen LogP contribution in [0.15, 0.2) is 69.9 Å². The number of anilines is 3. The van der Waals surface area contributed by atoms with Gasteiger partial charge in [-0.1, -0.05) is 18.2 Å². The lowest BCUT2D eigenvalue weighted by Crippen LogP contribution is -2.35. The van der Waals surface area contributed by atoms with Crippen molar-refractivity contribution >= 4 is 57.8 Å². The van der Waals surface area contributed by atoms with Gasteiger partial charge < -0.3 is 49.4 Å². The second kappa shape index (κ2) is 16.0. The van der Waals surface area contributed by atoms with Crippen LogP contribution in [-0.2, 0) is 24.0 Å². The van der Waals surface area contributed by atoms with Crippen LogP contribution in [0.3, 0.4) is 0 Å². The van der Waals surface area contributed by atoms with Crippen molar-refractivity contribution in [2.24, 2.45) is 0 Å². The molecule has 4 aromatic rings. The van der Waals surface area contributed by atoms with E-state index in [-0.39, 0.29) is 53.1 Å². The van der Waals surface area contributed by atoms with E-state index in [4.69, 9.17) is 13.9 Å². The topological polar surface area (TPSA) is 233 Å². The number of nitrogens with zero attached hydrogens (tertiary/aromatic N) is 2. The molecule has 0 unspecified atom stereocenters. The quantitative estimate of drug-likeness (QED) is 0.0790. The average Bonchev–Trinajstić information content (AvgIpc) is 3.01. The Balaban J connectivity index is 1.68. The molecular formula is C34H33N3O13. The fourth-order valence-corrected chi connectivity index (χ4v) is 5.04. The molecule has 0 aliphatic heterocycles. The lowest BCUT2D eigenvalue weighted by atomic mass is 10.0. The fraction of sp³-hybridized carbons (Fsp3) is 0.235. The third-order valence-corrected chi connectivity index (χ3v) is 7.03. The van der Waals surface area contributed by atoms with Gasteiger partial charge in [0.05, 0.1) is 16.9 Å². The maximum Gasteiger partial charge on any atom is 0.344 e. The summed E-state index contributed by atoms with van der Waals surface area (Å²) < 4.78 is 17.4. The van der Waals surface area contributed by atoms with Crippen LogP contribution in [0.25, 0.3) is 22.1 Å². The number of ether oxygens (including phenoxy) is 2. The van der Waals surface area contributed by atoms with E-state index >= 15 is 0 Å². The third kappa shape index (κ3) is 9.72. The van der Waals surface area contributed by atoms with Gasteiger partial charge in [0.25, 0.3) is 0 Å². The van der Waals surface area contributed by atoms with Gasteiger partial charge in [-0.25, -0.2) is 4.79 Å². The summed E-state index contributed by atoms with van der Waals surface area (Å²) in [6.07, 6.45) is 0. The number of amides is 1. The predicted molar refractivity (Wildman–Crippen MR) is 179 cm³/mol. The Bertz CT molecular complexity index is 1960. The van der Waals surface area contributed by atoms with E-state index in [0.717, 1.165) is 15.4 Å². The van der Waals surface area contributed by atoms with Crippen LogP contribution in [0, 0.1) is 6.92 Å². The Morgan fingerprint density at radius 2 is 1.22 bits per heavy atom. The number of benzene rings is 3. The van der Waals surface area contributed by atoms with Crippen molar-refractivity contribution in [3.8, 4) is 22.6 Å². The number of carbonyl (C=O) groups excluding carboxylic acids is 1. The predicted octanol–water partition coefficient (Wildman–Crippen LogP) is 3.14. The molecule has 0 spiro atoms. The van der Waals surface area contributed by atoms with Crippen molar-refractivity contribution in [3.05, 3.63) is 76.6 Å². The standard InChI is InChI=1S/C34H33N3O13/c1-19-3-8-25(36(15-30(39)40)16-31(41)42)28(11-19)48-9-10-49-29-13-22-12-24(21-4-6-23(7-5-21)35-20(2)38)34(47)50-27(22)14-26(29)37(17-32(43)44)18-33(45)46/h3-8,11-14H,9-10,15-18H2,1-2H3,(H,35,38)(H,39,40)(H,41,42)(H,43,44)(H,45,46).